The highest BCUT2D eigenvalue weighted by Gasteiger charge is 2.56. The Bertz CT molecular complexity index is 679. The molecule has 3 rings (SSSR count). The van der Waals surface area contributed by atoms with E-state index in [9.17, 15) is 9.59 Å². The minimum absolute atomic E-state index is 0.137. The summed E-state index contributed by atoms with van der Waals surface area (Å²) in [6, 6.07) is 3.65. The van der Waals surface area contributed by atoms with E-state index in [2.05, 4.69) is 10.6 Å². The first-order chi connectivity index (χ1) is 12.0. The Balaban J connectivity index is 1.70. The van der Waals surface area contributed by atoms with Crippen LogP contribution in [0.25, 0.3) is 0 Å². The molecular formula is C19H25ClN2O3. The van der Waals surface area contributed by atoms with Gasteiger partial charge in [0, 0.05) is 17.1 Å². The zero-order valence-corrected chi connectivity index (χ0v) is 15.5. The van der Waals surface area contributed by atoms with Crippen LogP contribution in [0.15, 0.2) is 12.1 Å². The average Bonchev–Trinajstić information content (AvgIpc) is 3.41. The van der Waals surface area contributed by atoms with E-state index in [0.29, 0.717) is 29.3 Å². The van der Waals surface area contributed by atoms with Gasteiger partial charge in [0.1, 0.15) is 11.2 Å². The Morgan fingerprint density at radius 3 is 2.44 bits per heavy atom. The number of amides is 2. The molecule has 1 aromatic carbocycles. The van der Waals surface area contributed by atoms with Gasteiger partial charge in [-0.15, -0.1) is 0 Å². The predicted octanol–water partition coefficient (Wildman–Crippen LogP) is 3.82. The topological polar surface area (TPSA) is 67.4 Å². The zero-order chi connectivity index (χ0) is 18.0. The molecular weight excluding hydrogens is 340 g/mol. The van der Waals surface area contributed by atoms with E-state index in [1.807, 2.05) is 6.92 Å². The number of methoxy groups -OCH3 is 1. The van der Waals surface area contributed by atoms with Crippen molar-refractivity contribution < 1.29 is 14.3 Å². The fourth-order valence-electron chi connectivity index (χ4n) is 3.42. The summed E-state index contributed by atoms with van der Waals surface area (Å²) < 4.78 is 5.30. The molecule has 0 unspecified atom stereocenters. The van der Waals surface area contributed by atoms with Gasteiger partial charge in [0.05, 0.1) is 12.8 Å². The van der Waals surface area contributed by atoms with Crippen LogP contribution in [0.3, 0.4) is 0 Å². The largest absolute Gasteiger partial charge is 0.495 e. The summed E-state index contributed by atoms with van der Waals surface area (Å²) in [7, 11) is 1.53. The molecule has 0 saturated heterocycles. The maximum atomic E-state index is 12.8. The molecule has 0 spiro atoms. The lowest BCUT2D eigenvalue weighted by atomic mass is 9.94. The van der Waals surface area contributed by atoms with Crippen molar-refractivity contribution in [3.8, 4) is 5.75 Å². The fraction of sp³-hybridized carbons (Fsp3) is 0.579. The standard InChI is InChI=1S/C19H25ClN2O3/c1-12-10-15(16(25-2)11-14(12)20)22-18(24)19(8-9-19)17(23)21-13-6-4-3-5-7-13/h10-11,13H,3-9H2,1-2H3,(H,21,23)(H,22,24). The Morgan fingerprint density at radius 2 is 1.84 bits per heavy atom. The molecule has 0 aromatic heterocycles. The SMILES string of the molecule is COc1cc(Cl)c(C)cc1NC(=O)C1(C(=O)NC2CCCCC2)CC1. The highest BCUT2D eigenvalue weighted by atomic mass is 35.5. The quantitative estimate of drug-likeness (QED) is 0.780. The zero-order valence-electron chi connectivity index (χ0n) is 14.8. The molecule has 0 radical (unpaired) electrons. The molecule has 1 aromatic rings. The monoisotopic (exact) mass is 364 g/mol. The number of hydrogen-bond acceptors (Lipinski definition) is 3. The number of nitrogens with one attached hydrogen (secondary N) is 2. The molecule has 2 fully saturated rings. The predicted molar refractivity (Wildman–Crippen MR) is 98.1 cm³/mol. The molecule has 2 aliphatic carbocycles. The van der Waals surface area contributed by atoms with Crippen molar-refractivity contribution in [2.75, 3.05) is 12.4 Å². The lowest BCUT2D eigenvalue weighted by Crippen LogP contribution is -2.45. The number of hydrogen-bond donors (Lipinski definition) is 2. The van der Waals surface area contributed by atoms with Gasteiger partial charge in [0.15, 0.2) is 0 Å². The molecule has 2 saturated carbocycles. The number of carbonyl (C=O) groups excluding carboxylic acids is 2. The van der Waals surface area contributed by atoms with Gasteiger partial charge in [-0.2, -0.15) is 0 Å². The molecule has 2 N–H and O–H groups in total. The Labute approximate surface area is 153 Å². The summed E-state index contributed by atoms with van der Waals surface area (Å²) >= 11 is 6.11. The Hall–Kier alpha value is -1.75. The van der Waals surface area contributed by atoms with E-state index in [-0.39, 0.29) is 17.9 Å². The maximum Gasteiger partial charge on any atom is 0.240 e. The third kappa shape index (κ3) is 3.76. The summed E-state index contributed by atoms with van der Waals surface area (Å²) in [5.41, 5.74) is 0.455. The molecule has 0 aliphatic heterocycles. The summed E-state index contributed by atoms with van der Waals surface area (Å²) in [6.45, 7) is 1.86. The highest BCUT2D eigenvalue weighted by molar-refractivity contribution is 6.31. The molecule has 136 valence electrons. The van der Waals surface area contributed by atoms with Crippen LogP contribution in [0.5, 0.6) is 5.75 Å². The summed E-state index contributed by atoms with van der Waals surface area (Å²) in [5, 5.41) is 6.53. The van der Waals surface area contributed by atoms with Crippen molar-refractivity contribution in [2.45, 2.75) is 57.9 Å². The van der Waals surface area contributed by atoms with Gasteiger partial charge >= 0.3 is 0 Å². The normalized spacial score (nSPS) is 19.2. The lowest BCUT2D eigenvalue weighted by Gasteiger charge is -2.25. The second kappa shape index (κ2) is 7.24. The van der Waals surface area contributed by atoms with Crippen LogP contribution in [0.2, 0.25) is 5.02 Å². The number of ether oxygens (including phenoxy) is 1. The smallest absolute Gasteiger partial charge is 0.240 e. The summed E-state index contributed by atoms with van der Waals surface area (Å²) in [4.78, 5) is 25.5. The first kappa shape index (κ1) is 18.1. The van der Waals surface area contributed by atoms with Crippen molar-refractivity contribution in [3.63, 3.8) is 0 Å². The minimum Gasteiger partial charge on any atom is -0.495 e. The first-order valence-electron chi connectivity index (χ1n) is 8.93. The van der Waals surface area contributed by atoms with E-state index in [0.717, 1.165) is 31.2 Å². The van der Waals surface area contributed by atoms with E-state index >= 15 is 0 Å². The number of rotatable bonds is 5. The van der Waals surface area contributed by atoms with Gasteiger partial charge in [0.25, 0.3) is 0 Å². The molecule has 0 atom stereocenters. The van der Waals surface area contributed by atoms with E-state index in [1.54, 1.807) is 12.1 Å². The second-order valence-corrected chi connectivity index (χ2v) is 7.55. The molecule has 6 heteroatoms. The summed E-state index contributed by atoms with van der Waals surface area (Å²) in [6.07, 6.45) is 6.71. The fourth-order valence-corrected chi connectivity index (χ4v) is 3.58. The lowest BCUT2D eigenvalue weighted by molar-refractivity contribution is -0.135. The van der Waals surface area contributed by atoms with Gasteiger partial charge in [-0.3, -0.25) is 9.59 Å². The third-order valence-corrected chi connectivity index (χ3v) is 5.70. The number of benzene rings is 1. The van der Waals surface area contributed by atoms with Crippen LogP contribution in [0, 0.1) is 12.3 Å². The third-order valence-electron chi connectivity index (χ3n) is 5.29. The van der Waals surface area contributed by atoms with Crippen molar-refractivity contribution in [1.29, 1.82) is 0 Å². The van der Waals surface area contributed by atoms with E-state index in [4.69, 9.17) is 16.3 Å². The van der Waals surface area contributed by atoms with Crippen LogP contribution in [-0.4, -0.2) is 25.0 Å². The van der Waals surface area contributed by atoms with Gasteiger partial charge in [-0.05, 0) is 44.2 Å². The second-order valence-electron chi connectivity index (χ2n) is 7.15. The van der Waals surface area contributed by atoms with Gasteiger partial charge in [0.2, 0.25) is 11.8 Å². The molecule has 2 aliphatic rings. The average molecular weight is 365 g/mol. The van der Waals surface area contributed by atoms with Crippen LogP contribution in [0.4, 0.5) is 5.69 Å². The van der Waals surface area contributed by atoms with Gasteiger partial charge < -0.3 is 15.4 Å². The van der Waals surface area contributed by atoms with Crippen LogP contribution in [0.1, 0.15) is 50.5 Å². The maximum absolute atomic E-state index is 12.8. The van der Waals surface area contributed by atoms with E-state index < -0.39 is 5.41 Å². The van der Waals surface area contributed by atoms with Crippen molar-refractivity contribution in [3.05, 3.63) is 22.7 Å². The van der Waals surface area contributed by atoms with Crippen LogP contribution >= 0.6 is 11.6 Å². The van der Waals surface area contributed by atoms with Gasteiger partial charge in [-0.1, -0.05) is 30.9 Å². The number of carbonyl (C=O) groups is 2. The number of anilines is 1. The number of halogens is 1. The van der Waals surface area contributed by atoms with Crippen molar-refractivity contribution >= 4 is 29.1 Å². The first-order valence-corrected chi connectivity index (χ1v) is 9.30. The van der Waals surface area contributed by atoms with Crippen LogP contribution < -0.4 is 15.4 Å². The minimum atomic E-state index is -0.935. The number of aryl methyl sites for hydroxylation is 1. The highest BCUT2D eigenvalue weighted by Crippen LogP contribution is 2.47. The molecule has 25 heavy (non-hydrogen) atoms. The molecule has 5 nitrogen and oxygen atoms in total. The molecule has 2 amide bonds. The van der Waals surface area contributed by atoms with Gasteiger partial charge in [-0.25, -0.2) is 0 Å². The summed E-state index contributed by atoms with van der Waals surface area (Å²) in [5.74, 6) is 0.0924. The van der Waals surface area contributed by atoms with E-state index in [1.165, 1.54) is 13.5 Å². The van der Waals surface area contributed by atoms with Crippen molar-refractivity contribution in [1.82, 2.24) is 5.32 Å². The molecule has 0 heterocycles. The van der Waals surface area contributed by atoms with Crippen molar-refractivity contribution in [2.24, 2.45) is 5.41 Å². The Morgan fingerprint density at radius 1 is 1.16 bits per heavy atom. The Kier molecular flexibility index (Phi) is 5.23. The molecule has 0 bridgehead atoms. The van der Waals surface area contributed by atoms with Crippen LogP contribution in [-0.2, 0) is 9.59 Å².